The van der Waals surface area contributed by atoms with Crippen LogP contribution in [0.4, 0.5) is 0 Å². The van der Waals surface area contributed by atoms with Crippen molar-refractivity contribution in [3.8, 4) is 22.9 Å². The lowest BCUT2D eigenvalue weighted by Crippen LogP contribution is -2.31. The Labute approximate surface area is 318 Å². The van der Waals surface area contributed by atoms with Crippen LogP contribution in [-0.2, 0) is 13.1 Å². The van der Waals surface area contributed by atoms with Crippen molar-refractivity contribution in [1.29, 1.82) is 0 Å². The summed E-state index contributed by atoms with van der Waals surface area (Å²) in [5, 5.41) is 29.1. The van der Waals surface area contributed by atoms with Crippen LogP contribution < -0.4 is 0 Å². The van der Waals surface area contributed by atoms with Crippen molar-refractivity contribution in [2.24, 2.45) is 0 Å². The number of rotatable bonds is 9. The fourth-order valence-electron chi connectivity index (χ4n) is 8.31. The number of benzene rings is 6. The van der Waals surface area contributed by atoms with Gasteiger partial charge in [0.1, 0.15) is 11.5 Å². The van der Waals surface area contributed by atoms with Gasteiger partial charge in [-0.1, -0.05) is 58.7 Å². The van der Waals surface area contributed by atoms with E-state index in [1.165, 1.54) is 43.8 Å². The van der Waals surface area contributed by atoms with Gasteiger partial charge >= 0.3 is 0 Å². The van der Waals surface area contributed by atoms with Crippen LogP contribution in [-0.4, -0.2) is 56.3 Å². The van der Waals surface area contributed by atoms with Gasteiger partial charge < -0.3 is 24.2 Å². The zero-order valence-corrected chi connectivity index (χ0v) is 32.7. The van der Waals surface area contributed by atoms with E-state index in [0.717, 1.165) is 68.8 Å². The molecular weight excluding hydrogens is 665 g/mol. The lowest BCUT2D eigenvalue weighted by atomic mass is 10.0. The Morgan fingerprint density at radius 3 is 1.07 bits per heavy atom. The van der Waals surface area contributed by atoms with Crippen molar-refractivity contribution in [2.45, 2.75) is 54.6 Å². The highest BCUT2D eigenvalue weighted by atomic mass is 16.3. The molecule has 54 heavy (non-hydrogen) atoms. The van der Waals surface area contributed by atoms with E-state index >= 15 is 0 Å². The first-order valence-corrected chi connectivity index (χ1v) is 18.9. The maximum absolute atomic E-state index is 12.2. The zero-order valence-electron chi connectivity index (χ0n) is 32.7. The molecule has 6 nitrogen and oxygen atoms in total. The van der Waals surface area contributed by atoms with E-state index in [2.05, 4.69) is 172 Å². The third-order valence-electron chi connectivity index (χ3n) is 10.9. The summed E-state index contributed by atoms with van der Waals surface area (Å²) in [4.78, 5) is 4.52. The number of aromatic nitrogens is 2. The van der Waals surface area contributed by atoms with E-state index in [9.17, 15) is 10.2 Å². The van der Waals surface area contributed by atoms with E-state index in [0.29, 0.717) is 13.1 Å². The first-order chi connectivity index (χ1) is 25.9. The number of hydrogen-bond donors (Lipinski definition) is 2. The van der Waals surface area contributed by atoms with Crippen LogP contribution >= 0.6 is 0 Å². The third kappa shape index (κ3) is 6.29. The normalized spacial score (nSPS) is 12.1. The molecule has 0 bridgehead atoms. The van der Waals surface area contributed by atoms with E-state index in [-0.39, 0.29) is 11.5 Å². The van der Waals surface area contributed by atoms with E-state index in [1.54, 1.807) is 0 Å². The Hall–Kier alpha value is -5.56. The number of phenolic OH excluding ortho intramolecular Hbond substituents is 2. The summed E-state index contributed by atoms with van der Waals surface area (Å²) in [5.41, 5.74) is 14.6. The molecule has 0 aliphatic rings. The van der Waals surface area contributed by atoms with Gasteiger partial charge in [-0.05, 0) is 127 Å². The minimum absolute atomic E-state index is 0.278. The lowest BCUT2D eigenvalue weighted by molar-refractivity contribution is 0.221. The third-order valence-corrected chi connectivity index (χ3v) is 10.9. The molecule has 0 aliphatic carbocycles. The maximum atomic E-state index is 12.2. The number of fused-ring (bicyclic) bond motifs is 6. The fraction of sp³-hybridized carbons (Fsp3) is 0.250. The maximum Gasteiger partial charge on any atom is 0.144 e. The summed E-state index contributed by atoms with van der Waals surface area (Å²) in [6, 6.07) is 34.6. The number of hydrogen-bond acceptors (Lipinski definition) is 4. The number of aryl methyl sites for hydroxylation is 6. The van der Waals surface area contributed by atoms with Gasteiger partial charge in [0.05, 0.1) is 33.4 Å². The molecule has 274 valence electrons. The van der Waals surface area contributed by atoms with Gasteiger partial charge in [-0.2, -0.15) is 0 Å². The molecule has 0 saturated carbocycles. The largest absolute Gasteiger partial charge is 0.505 e. The predicted molar refractivity (Wildman–Crippen MR) is 226 cm³/mol. The summed E-state index contributed by atoms with van der Waals surface area (Å²) < 4.78 is 4.43. The Morgan fingerprint density at radius 1 is 0.426 bits per heavy atom. The van der Waals surface area contributed by atoms with Crippen LogP contribution in [0.1, 0.15) is 44.5 Å². The second-order valence-corrected chi connectivity index (χ2v) is 15.9. The fourth-order valence-corrected chi connectivity index (χ4v) is 8.31. The van der Waals surface area contributed by atoms with E-state index in [1.807, 2.05) is 0 Å². The molecule has 6 heteroatoms. The number of phenols is 2. The van der Waals surface area contributed by atoms with Crippen molar-refractivity contribution < 1.29 is 10.2 Å². The van der Waals surface area contributed by atoms with Crippen LogP contribution in [0.3, 0.4) is 0 Å². The molecule has 0 unspecified atom stereocenters. The molecule has 0 spiro atoms. The van der Waals surface area contributed by atoms with Gasteiger partial charge in [0.2, 0.25) is 0 Å². The second kappa shape index (κ2) is 13.7. The smallest absolute Gasteiger partial charge is 0.144 e. The van der Waals surface area contributed by atoms with Crippen molar-refractivity contribution >= 4 is 43.6 Å². The first-order valence-electron chi connectivity index (χ1n) is 18.9. The Bertz CT molecular complexity index is 2450. The molecule has 0 fully saturated rings. The van der Waals surface area contributed by atoms with Gasteiger partial charge in [0.25, 0.3) is 0 Å². The highest BCUT2D eigenvalue weighted by Crippen LogP contribution is 2.40. The van der Waals surface area contributed by atoms with Gasteiger partial charge in [-0.3, -0.25) is 4.90 Å². The molecule has 0 saturated heterocycles. The Morgan fingerprint density at radius 2 is 0.759 bits per heavy atom. The predicted octanol–water partition coefficient (Wildman–Crippen LogP) is 10.7. The van der Waals surface area contributed by atoms with Crippen molar-refractivity contribution in [3.05, 3.63) is 142 Å². The zero-order chi connectivity index (χ0) is 38.0. The van der Waals surface area contributed by atoms with E-state index < -0.39 is 0 Å². The van der Waals surface area contributed by atoms with Gasteiger partial charge in [-0.15, -0.1) is 0 Å². The SMILES string of the molecule is Cc1cc(CN(CCN(C)C)Cc2cc(C)cc(-n3c4ccc(C)cc4c4cc(C)ccc43)c2O)c(O)c(-n2c3ccc(C)cc3c3cc(C)ccc32)c1. The minimum atomic E-state index is 0.278. The van der Waals surface area contributed by atoms with Gasteiger partial charge in [-0.25, -0.2) is 0 Å². The number of nitrogens with zero attached hydrogens (tertiary/aromatic N) is 4. The van der Waals surface area contributed by atoms with Crippen molar-refractivity contribution in [1.82, 2.24) is 18.9 Å². The summed E-state index contributed by atoms with van der Waals surface area (Å²) in [5.74, 6) is 0.556. The van der Waals surface area contributed by atoms with Crippen molar-refractivity contribution in [3.63, 3.8) is 0 Å². The van der Waals surface area contributed by atoms with Gasteiger partial charge in [0, 0.05) is 58.9 Å². The lowest BCUT2D eigenvalue weighted by Gasteiger charge is -2.26. The van der Waals surface area contributed by atoms with Crippen LogP contribution in [0.5, 0.6) is 11.5 Å². The van der Waals surface area contributed by atoms with Crippen LogP contribution in [0.25, 0.3) is 55.0 Å². The topological polar surface area (TPSA) is 56.8 Å². The summed E-state index contributed by atoms with van der Waals surface area (Å²) in [6.07, 6.45) is 0. The molecule has 0 atom stereocenters. The molecular formula is C48H50N4O2. The molecule has 0 radical (unpaired) electrons. The monoisotopic (exact) mass is 714 g/mol. The molecule has 0 aliphatic heterocycles. The van der Waals surface area contributed by atoms with Gasteiger partial charge in [0.15, 0.2) is 0 Å². The molecule has 0 amide bonds. The van der Waals surface area contributed by atoms with Crippen LogP contribution in [0, 0.1) is 41.5 Å². The molecule has 8 aromatic rings. The Balaban J connectivity index is 1.23. The molecule has 2 N–H and O–H groups in total. The number of aromatic hydroxyl groups is 2. The first kappa shape index (κ1) is 35.5. The standard InChI is InChI=1S/C48H50N4O2/c1-29-9-13-41-37(21-29)38-22-30(2)10-14-42(38)51(41)45-25-33(5)19-35(47(45)53)27-50(18-17-49(7)8)28-36-20-34(6)26-46(48(36)54)52-43-15-11-31(3)23-39(43)40-24-32(4)12-16-44(40)52/h9-16,19-26,53-54H,17-18,27-28H2,1-8H3. The highest BCUT2D eigenvalue weighted by molar-refractivity contribution is 6.11. The molecule has 6 aromatic carbocycles. The summed E-state index contributed by atoms with van der Waals surface area (Å²) >= 11 is 0. The molecule has 2 heterocycles. The molecule has 2 aromatic heterocycles. The average Bonchev–Trinajstić information content (AvgIpc) is 3.60. The Kier molecular flexibility index (Phi) is 8.99. The summed E-state index contributed by atoms with van der Waals surface area (Å²) in [7, 11) is 4.17. The van der Waals surface area contributed by atoms with Crippen LogP contribution in [0.2, 0.25) is 0 Å². The van der Waals surface area contributed by atoms with E-state index in [4.69, 9.17) is 0 Å². The quantitative estimate of drug-likeness (QED) is 0.156. The number of likely N-dealkylation sites (N-methyl/N-ethyl adjacent to an activating group) is 1. The summed E-state index contributed by atoms with van der Waals surface area (Å²) in [6.45, 7) is 15.3. The second-order valence-electron chi connectivity index (χ2n) is 15.9. The molecule has 8 rings (SSSR count). The average molecular weight is 715 g/mol. The minimum Gasteiger partial charge on any atom is -0.505 e. The van der Waals surface area contributed by atoms with Crippen LogP contribution in [0.15, 0.2) is 97.1 Å². The highest BCUT2D eigenvalue weighted by Gasteiger charge is 2.22. The van der Waals surface area contributed by atoms with Crippen molar-refractivity contribution in [2.75, 3.05) is 27.2 Å².